The molecule has 0 radical (unpaired) electrons. The van der Waals surface area contributed by atoms with Gasteiger partial charge in [0.15, 0.2) is 0 Å². The van der Waals surface area contributed by atoms with Gasteiger partial charge in [0.1, 0.15) is 5.75 Å². The lowest BCUT2D eigenvalue weighted by Crippen LogP contribution is -2.42. The van der Waals surface area contributed by atoms with Gasteiger partial charge in [0, 0.05) is 39.1 Å². The number of aromatic nitrogens is 1. The number of methoxy groups -OCH3 is 2. The zero-order chi connectivity index (χ0) is 17.9. The highest BCUT2D eigenvalue weighted by atomic mass is 16.5. The van der Waals surface area contributed by atoms with Crippen LogP contribution < -0.4 is 10.1 Å². The number of nitrogens with one attached hydrogen (secondary N) is 1. The van der Waals surface area contributed by atoms with Gasteiger partial charge in [0.05, 0.1) is 13.7 Å². The number of carbonyl (C=O) groups excluding carboxylic acids is 1. The molecule has 0 unspecified atom stereocenters. The first kappa shape index (κ1) is 18.7. The van der Waals surface area contributed by atoms with Gasteiger partial charge in [-0.3, -0.25) is 4.98 Å². The monoisotopic (exact) mass is 343 g/mol. The van der Waals surface area contributed by atoms with Crippen molar-refractivity contribution in [1.29, 1.82) is 0 Å². The molecule has 0 atom stereocenters. The number of ether oxygens (including phenoxy) is 2. The van der Waals surface area contributed by atoms with E-state index in [2.05, 4.69) is 10.3 Å². The molecule has 1 heterocycles. The molecule has 1 N–H and O–H groups in total. The zero-order valence-electron chi connectivity index (χ0n) is 14.8. The summed E-state index contributed by atoms with van der Waals surface area (Å²) < 4.78 is 10.3. The Balaban J connectivity index is 1.85. The van der Waals surface area contributed by atoms with E-state index in [9.17, 15) is 4.79 Å². The average Bonchev–Trinajstić information content (AvgIpc) is 2.66. The number of benzene rings is 1. The Morgan fingerprint density at radius 3 is 2.44 bits per heavy atom. The molecule has 0 saturated heterocycles. The second-order valence-electron chi connectivity index (χ2n) is 5.60. The Labute approximate surface area is 148 Å². The summed E-state index contributed by atoms with van der Waals surface area (Å²) in [5, 5.41) is 2.97. The van der Waals surface area contributed by atoms with E-state index in [-0.39, 0.29) is 6.03 Å². The lowest BCUT2D eigenvalue weighted by molar-refractivity contribution is 0.146. The van der Waals surface area contributed by atoms with Crippen molar-refractivity contribution in [3.63, 3.8) is 0 Å². The number of nitrogens with zero attached hydrogens (tertiary/aromatic N) is 2. The van der Waals surface area contributed by atoms with Crippen LogP contribution in [0, 0.1) is 0 Å². The van der Waals surface area contributed by atoms with E-state index in [1.54, 1.807) is 31.5 Å². The standard InChI is InChI=1S/C19H25N3O3/c1-24-14-13-22(15-17-7-10-20-11-8-17)19(23)21-12-9-16-3-5-18(25-2)6-4-16/h3-8,10-11H,9,12-15H2,1-2H3,(H,21,23). The topological polar surface area (TPSA) is 63.7 Å². The Bertz CT molecular complexity index is 632. The van der Waals surface area contributed by atoms with Crippen LogP contribution in [-0.4, -0.2) is 49.8 Å². The summed E-state index contributed by atoms with van der Waals surface area (Å²) in [6.45, 7) is 2.13. The summed E-state index contributed by atoms with van der Waals surface area (Å²) in [4.78, 5) is 18.2. The minimum Gasteiger partial charge on any atom is -0.497 e. The van der Waals surface area contributed by atoms with Crippen molar-refractivity contribution in [2.24, 2.45) is 0 Å². The zero-order valence-corrected chi connectivity index (χ0v) is 14.8. The van der Waals surface area contributed by atoms with Gasteiger partial charge in [0.25, 0.3) is 0 Å². The summed E-state index contributed by atoms with van der Waals surface area (Å²) in [5.74, 6) is 0.830. The van der Waals surface area contributed by atoms with Crippen LogP contribution in [0.4, 0.5) is 4.79 Å². The van der Waals surface area contributed by atoms with E-state index in [0.29, 0.717) is 26.2 Å². The highest BCUT2D eigenvalue weighted by Crippen LogP contribution is 2.11. The molecule has 0 bridgehead atoms. The molecular weight excluding hydrogens is 318 g/mol. The second-order valence-corrected chi connectivity index (χ2v) is 5.60. The molecule has 134 valence electrons. The SMILES string of the molecule is COCCN(Cc1ccncc1)C(=O)NCCc1ccc(OC)cc1. The number of hydrogen-bond donors (Lipinski definition) is 1. The Hall–Kier alpha value is -2.60. The molecule has 2 amide bonds. The van der Waals surface area contributed by atoms with Crippen molar-refractivity contribution < 1.29 is 14.3 Å². The first-order valence-corrected chi connectivity index (χ1v) is 8.26. The van der Waals surface area contributed by atoms with E-state index in [1.165, 1.54) is 0 Å². The Kier molecular flexibility index (Phi) is 7.72. The molecular formula is C19H25N3O3. The van der Waals surface area contributed by atoms with Gasteiger partial charge in [0.2, 0.25) is 0 Å². The average molecular weight is 343 g/mol. The Morgan fingerprint density at radius 2 is 1.80 bits per heavy atom. The van der Waals surface area contributed by atoms with E-state index in [4.69, 9.17) is 9.47 Å². The number of amides is 2. The summed E-state index contributed by atoms with van der Waals surface area (Å²) in [6, 6.07) is 11.6. The van der Waals surface area contributed by atoms with Gasteiger partial charge in [-0.25, -0.2) is 4.79 Å². The largest absolute Gasteiger partial charge is 0.497 e. The third kappa shape index (κ3) is 6.43. The lowest BCUT2D eigenvalue weighted by atomic mass is 10.1. The predicted molar refractivity (Wildman–Crippen MR) is 96.6 cm³/mol. The van der Waals surface area contributed by atoms with Crippen molar-refractivity contribution in [3.8, 4) is 5.75 Å². The summed E-state index contributed by atoms with van der Waals surface area (Å²) in [5.41, 5.74) is 2.19. The van der Waals surface area contributed by atoms with E-state index >= 15 is 0 Å². The molecule has 2 aromatic rings. The molecule has 0 aliphatic heterocycles. The highest BCUT2D eigenvalue weighted by Gasteiger charge is 2.13. The van der Waals surface area contributed by atoms with E-state index in [1.807, 2.05) is 36.4 Å². The number of pyridine rings is 1. The van der Waals surface area contributed by atoms with Gasteiger partial charge in [-0.15, -0.1) is 0 Å². The second kappa shape index (κ2) is 10.3. The molecule has 0 aliphatic carbocycles. The highest BCUT2D eigenvalue weighted by molar-refractivity contribution is 5.74. The van der Waals surface area contributed by atoms with Crippen LogP contribution in [-0.2, 0) is 17.7 Å². The van der Waals surface area contributed by atoms with Crippen LogP contribution in [0.25, 0.3) is 0 Å². The molecule has 1 aromatic heterocycles. The van der Waals surface area contributed by atoms with Crippen molar-refractivity contribution >= 4 is 6.03 Å². The molecule has 1 aromatic carbocycles. The fourth-order valence-electron chi connectivity index (χ4n) is 2.38. The minimum atomic E-state index is -0.0950. The maximum absolute atomic E-state index is 12.5. The fraction of sp³-hybridized carbons (Fsp3) is 0.368. The Morgan fingerprint density at radius 1 is 1.08 bits per heavy atom. The van der Waals surface area contributed by atoms with Crippen LogP contribution in [0.15, 0.2) is 48.8 Å². The summed E-state index contributed by atoms with van der Waals surface area (Å²) >= 11 is 0. The predicted octanol–water partition coefficient (Wildman–Crippen LogP) is 2.49. The number of rotatable bonds is 9. The quantitative estimate of drug-likeness (QED) is 0.760. The lowest BCUT2D eigenvalue weighted by Gasteiger charge is -2.23. The molecule has 0 spiro atoms. The van der Waals surface area contributed by atoms with Crippen LogP contribution in [0.5, 0.6) is 5.75 Å². The molecule has 2 rings (SSSR count). The summed E-state index contributed by atoms with van der Waals surface area (Å²) in [7, 11) is 3.28. The van der Waals surface area contributed by atoms with Crippen molar-refractivity contribution in [2.75, 3.05) is 33.9 Å². The van der Waals surface area contributed by atoms with E-state index in [0.717, 1.165) is 23.3 Å². The summed E-state index contributed by atoms with van der Waals surface area (Å²) in [6.07, 6.45) is 4.22. The number of urea groups is 1. The number of carbonyl (C=O) groups is 1. The molecule has 0 saturated carbocycles. The van der Waals surface area contributed by atoms with E-state index < -0.39 is 0 Å². The normalized spacial score (nSPS) is 10.3. The third-order valence-electron chi connectivity index (χ3n) is 3.82. The van der Waals surface area contributed by atoms with Gasteiger partial charge in [-0.2, -0.15) is 0 Å². The van der Waals surface area contributed by atoms with Crippen LogP contribution in [0.1, 0.15) is 11.1 Å². The van der Waals surface area contributed by atoms with Crippen molar-refractivity contribution in [3.05, 3.63) is 59.9 Å². The minimum absolute atomic E-state index is 0.0950. The van der Waals surface area contributed by atoms with Crippen molar-refractivity contribution in [2.45, 2.75) is 13.0 Å². The fourth-order valence-corrected chi connectivity index (χ4v) is 2.38. The van der Waals surface area contributed by atoms with Gasteiger partial charge < -0.3 is 19.7 Å². The first-order valence-electron chi connectivity index (χ1n) is 8.26. The molecule has 6 heteroatoms. The van der Waals surface area contributed by atoms with Gasteiger partial charge in [-0.1, -0.05) is 12.1 Å². The first-order chi connectivity index (χ1) is 12.2. The van der Waals surface area contributed by atoms with Crippen LogP contribution in [0.2, 0.25) is 0 Å². The molecule has 6 nitrogen and oxygen atoms in total. The molecule has 0 aliphatic rings. The number of hydrogen-bond acceptors (Lipinski definition) is 4. The van der Waals surface area contributed by atoms with Gasteiger partial charge in [-0.05, 0) is 41.8 Å². The smallest absolute Gasteiger partial charge is 0.317 e. The molecule has 25 heavy (non-hydrogen) atoms. The maximum Gasteiger partial charge on any atom is 0.317 e. The van der Waals surface area contributed by atoms with Crippen LogP contribution in [0.3, 0.4) is 0 Å². The van der Waals surface area contributed by atoms with Crippen molar-refractivity contribution in [1.82, 2.24) is 15.2 Å². The van der Waals surface area contributed by atoms with Crippen LogP contribution >= 0.6 is 0 Å². The third-order valence-corrected chi connectivity index (χ3v) is 3.82. The maximum atomic E-state index is 12.5. The molecule has 0 fully saturated rings. The van der Waals surface area contributed by atoms with Gasteiger partial charge >= 0.3 is 6.03 Å².